The summed E-state index contributed by atoms with van der Waals surface area (Å²) < 4.78 is 52.4. The Morgan fingerprint density at radius 1 is 1.03 bits per heavy atom. The zero-order valence-electron chi connectivity index (χ0n) is 34.0. The maximum absolute atomic E-state index is 14.7. The molecule has 0 bridgehead atoms. The smallest absolute Gasteiger partial charge is 0.408 e. The second-order valence-electron chi connectivity index (χ2n) is 17.3. The van der Waals surface area contributed by atoms with Crippen LogP contribution in [0.25, 0.3) is 33.0 Å². The van der Waals surface area contributed by atoms with Crippen molar-refractivity contribution in [3.05, 3.63) is 54.1 Å². The summed E-state index contributed by atoms with van der Waals surface area (Å²) in [5.74, 6) is -1.43. The van der Waals surface area contributed by atoms with E-state index in [9.17, 15) is 27.6 Å². The molecule has 2 aliphatic heterocycles. The lowest BCUT2D eigenvalue weighted by molar-refractivity contribution is -0.141. The molecule has 4 heterocycles. The number of ether oxygens (including phenoxy) is 3. The number of hydrogen-bond acceptors (Lipinski definition) is 11. The zero-order valence-corrected chi connectivity index (χ0v) is 34.8. The van der Waals surface area contributed by atoms with E-state index in [2.05, 4.69) is 15.4 Å². The molecule has 3 fully saturated rings. The first-order chi connectivity index (χ1) is 28.0. The fraction of sp³-hybridized carbons (Fsp3) is 0.512. The van der Waals surface area contributed by atoms with E-state index < -0.39 is 74.3 Å². The predicted octanol–water partition coefficient (Wildman–Crippen LogP) is 5.70. The summed E-state index contributed by atoms with van der Waals surface area (Å²) in [6, 6.07) is 9.01. The van der Waals surface area contributed by atoms with E-state index in [0.717, 1.165) is 23.8 Å². The summed E-state index contributed by atoms with van der Waals surface area (Å²) >= 11 is 0. The third kappa shape index (κ3) is 8.28. The van der Waals surface area contributed by atoms with Gasteiger partial charge in [0.1, 0.15) is 46.2 Å². The van der Waals surface area contributed by atoms with Crippen LogP contribution in [0.5, 0.6) is 11.5 Å². The number of pyridine rings is 1. The summed E-state index contributed by atoms with van der Waals surface area (Å²) in [5, 5.41) is 6.45. The van der Waals surface area contributed by atoms with Crippen LogP contribution in [0.4, 0.5) is 4.79 Å². The van der Waals surface area contributed by atoms with Crippen LogP contribution in [0.15, 0.2) is 53.0 Å². The van der Waals surface area contributed by atoms with E-state index >= 15 is 0 Å². The summed E-state index contributed by atoms with van der Waals surface area (Å²) in [6.07, 6.45) is 6.52. The predicted molar refractivity (Wildman–Crippen MR) is 219 cm³/mol. The molecular formula is C43H51N5O10S. The van der Waals surface area contributed by atoms with E-state index in [1.165, 1.54) is 4.90 Å². The van der Waals surface area contributed by atoms with Gasteiger partial charge in [-0.15, -0.1) is 0 Å². The van der Waals surface area contributed by atoms with Gasteiger partial charge in [-0.1, -0.05) is 36.6 Å². The molecule has 0 unspecified atom stereocenters. The van der Waals surface area contributed by atoms with Gasteiger partial charge in [0, 0.05) is 29.2 Å². The monoisotopic (exact) mass is 829 g/mol. The van der Waals surface area contributed by atoms with Crippen molar-refractivity contribution in [2.45, 2.75) is 120 Å². The van der Waals surface area contributed by atoms with Crippen LogP contribution in [-0.2, 0) is 29.1 Å². The highest BCUT2D eigenvalue weighted by atomic mass is 32.2. The van der Waals surface area contributed by atoms with Crippen LogP contribution in [0.3, 0.4) is 0 Å². The van der Waals surface area contributed by atoms with Crippen molar-refractivity contribution in [3.63, 3.8) is 0 Å². The number of alkyl carbamates (subject to hydrolysis) is 1. The topological polar surface area (TPSA) is 195 Å². The van der Waals surface area contributed by atoms with Crippen molar-refractivity contribution in [3.8, 4) is 11.5 Å². The highest BCUT2D eigenvalue weighted by Gasteiger charge is 2.62. The number of hydrogen-bond donors (Lipinski definition) is 3. The van der Waals surface area contributed by atoms with Crippen molar-refractivity contribution in [2.24, 2.45) is 5.92 Å². The van der Waals surface area contributed by atoms with E-state index in [0.29, 0.717) is 71.2 Å². The number of aromatic nitrogens is 1. The van der Waals surface area contributed by atoms with Crippen LogP contribution >= 0.6 is 0 Å². The molecular weight excluding hydrogens is 779 g/mol. The maximum Gasteiger partial charge on any atom is 0.408 e. The summed E-state index contributed by atoms with van der Waals surface area (Å²) in [7, 11) is -2.35. The standard InChI is InChI=1S/C43H51N5O10S/c1-24-13-18-34-30(19-24)35-37(57-34)36(29-17-14-26(55-5)20-32(29)44-35)56-27-21-33-38(49)46-43(40(51)47-59(53,54)28-15-16-28)22-25(43)11-9-7-6-8-10-12-31(39(50)48(33)23-27)45-41(52)58-42(2,3)4/h9,11,13-14,17-20,25,27-28,31,33H,6-8,10,12,15-16,21-23H2,1-5H3,(H,45,52)(H,46,49)(H,47,51)/t25-,27-,31+,33+,43-/m1/s1. The lowest BCUT2D eigenvalue weighted by Crippen LogP contribution is -2.58. The molecule has 2 aromatic carbocycles. The minimum atomic E-state index is -3.92. The maximum atomic E-state index is 14.7. The molecule has 2 aromatic heterocycles. The molecule has 4 amide bonds. The summed E-state index contributed by atoms with van der Waals surface area (Å²) in [6.45, 7) is 7.11. The Morgan fingerprint density at radius 2 is 1.83 bits per heavy atom. The SMILES string of the molecule is COc1ccc2c(O[C@@H]3C[C@H]4C(=O)N[C@]5(C(=O)NS(=O)(=O)C6CC6)C[C@H]5C=CCCCCC[C@H](NC(=O)OC(C)(C)C)C(=O)N4C3)c3oc4ccc(C)cc4c3nc2c1. The number of nitrogens with one attached hydrogen (secondary N) is 3. The van der Waals surface area contributed by atoms with Crippen LogP contribution in [0, 0.1) is 12.8 Å². The van der Waals surface area contributed by atoms with Gasteiger partial charge in [-0.2, -0.15) is 0 Å². The van der Waals surface area contributed by atoms with E-state index in [1.54, 1.807) is 40.0 Å². The quantitative estimate of drug-likeness (QED) is 0.194. The normalized spacial score (nSPS) is 25.4. The molecule has 3 N–H and O–H groups in total. The number of allylic oxidation sites excluding steroid dienone is 1. The Labute approximate surface area is 342 Å². The van der Waals surface area contributed by atoms with Gasteiger partial charge in [0.2, 0.25) is 21.8 Å². The Morgan fingerprint density at radius 3 is 2.58 bits per heavy atom. The fourth-order valence-electron chi connectivity index (χ4n) is 8.21. The average Bonchev–Trinajstić information content (AvgIpc) is 4.08. The van der Waals surface area contributed by atoms with Gasteiger partial charge in [0.05, 0.1) is 24.4 Å². The highest BCUT2D eigenvalue weighted by Crippen LogP contribution is 2.46. The first-order valence-corrected chi connectivity index (χ1v) is 21.9. The van der Waals surface area contributed by atoms with Gasteiger partial charge in [0.15, 0.2) is 11.3 Å². The van der Waals surface area contributed by atoms with Crippen LogP contribution in [0.1, 0.15) is 84.1 Å². The number of fused-ring (bicyclic) bond motifs is 6. The van der Waals surface area contributed by atoms with Gasteiger partial charge in [-0.3, -0.25) is 19.1 Å². The summed E-state index contributed by atoms with van der Waals surface area (Å²) in [5.41, 5.74) is 0.819. The third-order valence-corrected chi connectivity index (χ3v) is 13.3. The number of benzene rings is 2. The highest BCUT2D eigenvalue weighted by molar-refractivity contribution is 7.91. The fourth-order valence-corrected chi connectivity index (χ4v) is 9.57. The Hall–Kier alpha value is -5.38. The van der Waals surface area contributed by atoms with Gasteiger partial charge in [0.25, 0.3) is 5.91 Å². The van der Waals surface area contributed by atoms with E-state index in [4.69, 9.17) is 23.6 Å². The van der Waals surface area contributed by atoms with Crippen molar-refractivity contribution < 1.29 is 46.2 Å². The number of sulfonamides is 1. The second-order valence-corrected chi connectivity index (χ2v) is 19.3. The molecule has 0 radical (unpaired) electrons. The number of rotatable bonds is 7. The zero-order chi connectivity index (χ0) is 41.9. The van der Waals surface area contributed by atoms with Crippen LogP contribution in [-0.4, -0.2) is 90.3 Å². The van der Waals surface area contributed by atoms with Crippen LogP contribution in [0.2, 0.25) is 0 Å². The van der Waals surface area contributed by atoms with Gasteiger partial charge >= 0.3 is 6.09 Å². The first kappa shape index (κ1) is 40.4. The molecule has 5 atom stereocenters. The Kier molecular flexibility index (Phi) is 10.5. The van der Waals surface area contributed by atoms with Gasteiger partial charge in [-0.25, -0.2) is 18.2 Å². The molecule has 2 saturated carbocycles. The van der Waals surface area contributed by atoms with Crippen LogP contribution < -0.4 is 24.8 Å². The van der Waals surface area contributed by atoms with Crippen molar-refractivity contribution in [1.29, 1.82) is 0 Å². The van der Waals surface area contributed by atoms with Gasteiger partial charge in [-0.05, 0) is 90.5 Å². The Balaban J connectivity index is 1.17. The minimum Gasteiger partial charge on any atom is -0.497 e. The molecule has 314 valence electrons. The summed E-state index contributed by atoms with van der Waals surface area (Å²) in [4.78, 5) is 62.7. The number of carbonyl (C=O) groups is 4. The van der Waals surface area contributed by atoms with E-state index in [1.807, 2.05) is 43.3 Å². The molecule has 15 nitrogen and oxygen atoms in total. The van der Waals surface area contributed by atoms with Crippen molar-refractivity contribution >= 4 is 66.8 Å². The average molecular weight is 830 g/mol. The van der Waals surface area contributed by atoms with Crippen molar-refractivity contribution in [1.82, 2.24) is 25.2 Å². The number of furan rings is 1. The number of nitrogens with zero attached hydrogens (tertiary/aromatic N) is 2. The van der Waals surface area contributed by atoms with E-state index in [-0.39, 0.29) is 19.4 Å². The molecule has 1 saturated heterocycles. The minimum absolute atomic E-state index is 0.0100. The third-order valence-electron chi connectivity index (χ3n) is 11.5. The molecule has 0 spiro atoms. The lowest BCUT2D eigenvalue weighted by atomic mass is 10.0. The Bertz CT molecular complexity index is 2490. The first-order valence-electron chi connectivity index (χ1n) is 20.4. The number of carbonyl (C=O) groups excluding carboxylic acids is 4. The number of amides is 4. The number of aryl methyl sites for hydroxylation is 1. The molecule has 4 aliphatic rings. The molecule has 8 rings (SSSR count). The second kappa shape index (κ2) is 15.3. The van der Waals surface area contributed by atoms with Crippen molar-refractivity contribution in [2.75, 3.05) is 13.7 Å². The largest absolute Gasteiger partial charge is 0.497 e. The molecule has 16 heteroatoms. The van der Waals surface area contributed by atoms with Gasteiger partial charge < -0.3 is 34.2 Å². The molecule has 2 aliphatic carbocycles. The lowest BCUT2D eigenvalue weighted by Gasteiger charge is -2.30. The molecule has 4 aromatic rings. The number of methoxy groups -OCH3 is 1. The molecule has 59 heavy (non-hydrogen) atoms.